The molecule has 0 heterocycles. The maximum absolute atomic E-state index is 10.8. The molecule has 1 aromatic carbocycles. The van der Waals surface area contributed by atoms with Gasteiger partial charge in [0, 0.05) is 6.08 Å². The minimum atomic E-state index is -0.806. The van der Waals surface area contributed by atoms with Gasteiger partial charge in [0.05, 0.1) is 0 Å². The summed E-state index contributed by atoms with van der Waals surface area (Å²) in [5.74, 6) is -0.387. The van der Waals surface area contributed by atoms with Crippen molar-refractivity contribution in [2.75, 3.05) is 0 Å². The summed E-state index contributed by atoms with van der Waals surface area (Å²) >= 11 is 0. The highest BCUT2D eigenvalue weighted by Crippen LogP contribution is 2.31. The van der Waals surface area contributed by atoms with Gasteiger partial charge in [0.2, 0.25) is 0 Å². The number of hydrogen-bond donors (Lipinski definition) is 1. The predicted molar refractivity (Wildman–Crippen MR) is 67.8 cm³/mol. The second-order valence-corrected chi connectivity index (χ2v) is 4.69. The number of hydrogen-bond acceptors (Lipinski definition) is 1. The van der Waals surface area contributed by atoms with Crippen LogP contribution < -0.4 is 0 Å². The number of carboxylic acids is 1. The van der Waals surface area contributed by atoms with E-state index in [-0.39, 0.29) is 0 Å². The highest BCUT2D eigenvalue weighted by molar-refractivity contribution is 5.80. The molecule has 17 heavy (non-hydrogen) atoms. The Morgan fingerprint density at radius 2 is 2.06 bits per heavy atom. The Bertz CT molecular complexity index is 406. The van der Waals surface area contributed by atoms with Crippen molar-refractivity contribution >= 4 is 5.97 Å². The molecule has 1 saturated carbocycles. The van der Waals surface area contributed by atoms with Crippen LogP contribution in [0.4, 0.5) is 0 Å². The Labute approximate surface area is 102 Å². The van der Waals surface area contributed by atoms with Crippen LogP contribution in [0.2, 0.25) is 0 Å². The third-order valence-corrected chi connectivity index (χ3v) is 3.43. The van der Waals surface area contributed by atoms with Crippen LogP contribution in [-0.4, -0.2) is 11.1 Å². The standard InChI is InChI=1S/C15H18O2/c16-15(17)11-14-9-5-4-8-13(14)10-12-6-2-1-3-7-12/h1-3,6-7,11,13H,4-5,8-10H2,(H,16,17)/t13-/m0/s1. The highest BCUT2D eigenvalue weighted by Gasteiger charge is 2.19. The van der Waals surface area contributed by atoms with E-state index in [0.717, 1.165) is 31.3 Å². The average molecular weight is 230 g/mol. The Balaban J connectivity index is 2.09. The summed E-state index contributed by atoms with van der Waals surface area (Å²) < 4.78 is 0. The fourth-order valence-electron chi connectivity index (χ4n) is 2.59. The van der Waals surface area contributed by atoms with Gasteiger partial charge in [-0.15, -0.1) is 0 Å². The lowest BCUT2D eigenvalue weighted by atomic mass is 9.80. The smallest absolute Gasteiger partial charge is 0.328 e. The molecule has 1 aliphatic carbocycles. The highest BCUT2D eigenvalue weighted by atomic mass is 16.4. The van der Waals surface area contributed by atoms with E-state index in [1.54, 1.807) is 0 Å². The maximum Gasteiger partial charge on any atom is 0.328 e. The lowest BCUT2D eigenvalue weighted by molar-refractivity contribution is -0.131. The van der Waals surface area contributed by atoms with Gasteiger partial charge in [-0.3, -0.25) is 0 Å². The van der Waals surface area contributed by atoms with Crippen molar-refractivity contribution in [3.05, 3.63) is 47.5 Å². The zero-order valence-corrected chi connectivity index (χ0v) is 9.93. The molecule has 2 nitrogen and oxygen atoms in total. The quantitative estimate of drug-likeness (QED) is 0.808. The van der Waals surface area contributed by atoms with Gasteiger partial charge in [0.15, 0.2) is 0 Å². The molecule has 1 aromatic rings. The summed E-state index contributed by atoms with van der Waals surface area (Å²) in [5.41, 5.74) is 2.42. The zero-order valence-electron chi connectivity index (χ0n) is 9.93. The van der Waals surface area contributed by atoms with Gasteiger partial charge in [-0.25, -0.2) is 4.79 Å². The van der Waals surface area contributed by atoms with Crippen molar-refractivity contribution in [3.8, 4) is 0 Å². The van der Waals surface area contributed by atoms with Gasteiger partial charge in [-0.05, 0) is 37.2 Å². The summed E-state index contributed by atoms with van der Waals surface area (Å²) in [6.07, 6.45) is 6.81. The number of carbonyl (C=O) groups is 1. The van der Waals surface area contributed by atoms with Crippen molar-refractivity contribution in [1.29, 1.82) is 0 Å². The van der Waals surface area contributed by atoms with Crippen molar-refractivity contribution < 1.29 is 9.90 Å². The summed E-state index contributed by atoms with van der Waals surface area (Å²) in [7, 11) is 0. The monoisotopic (exact) mass is 230 g/mol. The van der Waals surface area contributed by atoms with E-state index in [0.29, 0.717) is 5.92 Å². The molecule has 0 unspecified atom stereocenters. The Hall–Kier alpha value is -1.57. The zero-order chi connectivity index (χ0) is 12.1. The summed E-state index contributed by atoms with van der Waals surface area (Å²) in [5, 5.41) is 8.87. The summed E-state index contributed by atoms with van der Waals surface area (Å²) in [6, 6.07) is 10.3. The number of benzene rings is 1. The van der Waals surface area contributed by atoms with Crippen LogP contribution in [0.3, 0.4) is 0 Å². The minimum Gasteiger partial charge on any atom is -0.478 e. The van der Waals surface area contributed by atoms with Crippen molar-refractivity contribution in [2.24, 2.45) is 5.92 Å². The van der Waals surface area contributed by atoms with E-state index >= 15 is 0 Å². The van der Waals surface area contributed by atoms with E-state index in [1.165, 1.54) is 18.1 Å². The Kier molecular flexibility index (Phi) is 3.97. The first kappa shape index (κ1) is 11.9. The molecule has 0 spiro atoms. The van der Waals surface area contributed by atoms with E-state index in [1.807, 2.05) is 18.2 Å². The molecular weight excluding hydrogens is 212 g/mol. The molecule has 0 bridgehead atoms. The molecule has 1 fully saturated rings. The molecule has 0 radical (unpaired) electrons. The van der Waals surface area contributed by atoms with Crippen molar-refractivity contribution in [3.63, 3.8) is 0 Å². The molecule has 90 valence electrons. The fourth-order valence-corrected chi connectivity index (χ4v) is 2.59. The summed E-state index contributed by atoms with van der Waals surface area (Å²) in [6.45, 7) is 0. The number of rotatable bonds is 3. The predicted octanol–water partition coefficient (Wildman–Crippen LogP) is 3.43. The normalized spacial score (nSPS) is 22.6. The topological polar surface area (TPSA) is 37.3 Å². The summed E-state index contributed by atoms with van der Waals surface area (Å²) in [4.78, 5) is 10.8. The Morgan fingerprint density at radius 1 is 1.29 bits per heavy atom. The average Bonchev–Trinajstić information content (AvgIpc) is 2.32. The molecule has 2 rings (SSSR count). The van der Waals surface area contributed by atoms with Crippen LogP contribution >= 0.6 is 0 Å². The van der Waals surface area contributed by atoms with Gasteiger partial charge in [0.1, 0.15) is 0 Å². The minimum absolute atomic E-state index is 0.419. The van der Waals surface area contributed by atoms with Gasteiger partial charge in [0.25, 0.3) is 0 Å². The van der Waals surface area contributed by atoms with Gasteiger partial charge in [-0.2, -0.15) is 0 Å². The molecular formula is C15H18O2. The second kappa shape index (κ2) is 5.67. The van der Waals surface area contributed by atoms with Crippen LogP contribution in [-0.2, 0) is 11.2 Å². The molecule has 0 aliphatic heterocycles. The number of aliphatic carboxylic acids is 1. The van der Waals surface area contributed by atoms with Gasteiger partial charge < -0.3 is 5.11 Å². The molecule has 0 amide bonds. The first-order valence-electron chi connectivity index (χ1n) is 6.23. The third kappa shape index (κ3) is 3.45. The number of allylic oxidation sites excluding steroid dienone is 1. The molecule has 0 aromatic heterocycles. The second-order valence-electron chi connectivity index (χ2n) is 4.69. The first-order chi connectivity index (χ1) is 8.25. The first-order valence-corrected chi connectivity index (χ1v) is 6.23. The van der Waals surface area contributed by atoms with Crippen LogP contribution in [0.1, 0.15) is 31.2 Å². The number of carboxylic acid groups (broad SMARTS) is 1. The molecule has 1 aliphatic rings. The third-order valence-electron chi connectivity index (χ3n) is 3.43. The molecule has 2 heteroatoms. The van der Waals surface area contributed by atoms with Gasteiger partial charge >= 0.3 is 5.97 Å². The molecule has 1 atom stereocenters. The molecule has 1 N–H and O–H groups in total. The lowest BCUT2D eigenvalue weighted by Crippen LogP contribution is -2.14. The van der Waals surface area contributed by atoms with Crippen LogP contribution in [0.5, 0.6) is 0 Å². The van der Waals surface area contributed by atoms with Crippen LogP contribution in [0.15, 0.2) is 42.0 Å². The largest absolute Gasteiger partial charge is 0.478 e. The van der Waals surface area contributed by atoms with Crippen molar-refractivity contribution in [1.82, 2.24) is 0 Å². The van der Waals surface area contributed by atoms with Crippen LogP contribution in [0.25, 0.3) is 0 Å². The Morgan fingerprint density at radius 3 is 2.76 bits per heavy atom. The molecule has 0 saturated heterocycles. The van der Waals surface area contributed by atoms with E-state index in [2.05, 4.69) is 12.1 Å². The van der Waals surface area contributed by atoms with E-state index in [4.69, 9.17) is 5.11 Å². The lowest BCUT2D eigenvalue weighted by Gasteiger charge is -2.25. The fraction of sp³-hybridized carbons (Fsp3) is 0.400. The SMILES string of the molecule is O=C(O)C=C1CCCC[C@H]1Cc1ccccc1. The van der Waals surface area contributed by atoms with Gasteiger partial charge in [-0.1, -0.05) is 42.3 Å². The van der Waals surface area contributed by atoms with E-state index in [9.17, 15) is 4.79 Å². The van der Waals surface area contributed by atoms with Crippen molar-refractivity contribution in [2.45, 2.75) is 32.1 Å². The van der Waals surface area contributed by atoms with Crippen LogP contribution in [0, 0.1) is 5.92 Å². The maximum atomic E-state index is 10.8. The van der Waals surface area contributed by atoms with E-state index < -0.39 is 5.97 Å².